The predicted octanol–water partition coefficient (Wildman–Crippen LogP) is 4.52. The SMILES string of the molecule is N#Cc1cccc2c1NC(c1ccc(F)cc1)C1CC=CC21. The van der Waals surface area contributed by atoms with Crippen LogP contribution in [0.4, 0.5) is 10.1 Å². The van der Waals surface area contributed by atoms with E-state index < -0.39 is 0 Å². The number of anilines is 1. The summed E-state index contributed by atoms with van der Waals surface area (Å²) in [5, 5.41) is 12.9. The molecule has 2 aromatic carbocycles. The van der Waals surface area contributed by atoms with Gasteiger partial charge in [-0.15, -0.1) is 0 Å². The second-order valence-corrected chi connectivity index (χ2v) is 5.91. The quantitative estimate of drug-likeness (QED) is 0.784. The largest absolute Gasteiger partial charge is 0.377 e. The average molecular weight is 290 g/mol. The van der Waals surface area contributed by atoms with E-state index in [0.29, 0.717) is 17.4 Å². The molecule has 2 nitrogen and oxygen atoms in total. The molecule has 108 valence electrons. The standard InChI is InChI=1S/C19H15FN2/c20-14-9-7-12(8-10-14)18-16-6-2-4-15(16)17-5-1-3-13(11-21)19(17)22-18/h1-5,7-10,15-16,18,22H,6H2. The van der Waals surface area contributed by atoms with Crippen LogP contribution in [0.1, 0.15) is 35.1 Å². The van der Waals surface area contributed by atoms with E-state index in [2.05, 4.69) is 29.6 Å². The van der Waals surface area contributed by atoms with E-state index in [9.17, 15) is 9.65 Å². The summed E-state index contributed by atoms with van der Waals surface area (Å²) < 4.78 is 13.2. The van der Waals surface area contributed by atoms with Crippen molar-refractivity contribution in [1.82, 2.24) is 0 Å². The third kappa shape index (κ3) is 1.92. The number of hydrogen-bond donors (Lipinski definition) is 1. The van der Waals surface area contributed by atoms with E-state index in [1.165, 1.54) is 17.7 Å². The molecule has 0 aromatic heterocycles. The van der Waals surface area contributed by atoms with Crippen LogP contribution in [0.15, 0.2) is 54.6 Å². The lowest BCUT2D eigenvalue weighted by molar-refractivity contribution is 0.425. The van der Waals surface area contributed by atoms with Gasteiger partial charge >= 0.3 is 0 Å². The Hall–Kier alpha value is -2.60. The zero-order valence-corrected chi connectivity index (χ0v) is 12.0. The van der Waals surface area contributed by atoms with E-state index >= 15 is 0 Å². The molecule has 1 aliphatic carbocycles. The van der Waals surface area contributed by atoms with Gasteiger partial charge in [-0.2, -0.15) is 5.26 Å². The number of nitrogens with one attached hydrogen (secondary N) is 1. The van der Waals surface area contributed by atoms with E-state index in [-0.39, 0.29) is 11.9 Å². The maximum absolute atomic E-state index is 13.2. The Kier molecular flexibility index (Phi) is 2.97. The number of hydrogen-bond acceptors (Lipinski definition) is 2. The highest BCUT2D eigenvalue weighted by Crippen LogP contribution is 2.50. The third-order valence-electron chi connectivity index (χ3n) is 4.75. The molecule has 0 saturated carbocycles. The second kappa shape index (κ2) is 4.99. The Morgan fingerprint density at radius 2 is 1.95 bits per heavy atom. The van der Waals surface area contributed by atoms with Gasteiger partial charge in [0, 0.05) is 5.92 Å². The van der Waals surface area contributed by atoms with Gasteiger partial charge in [-0.3, -0.25) is 0 Å². The van der Waals surface area contributed by atoms with Gasteiger partial charge in [-0.05, 0) is 41.7 Å². The molecule has 0 fully saturated rings. The smallest absolute Gasteiger partial charge is 0.123 e. The number of fused-ring (bicyclic) bond motifs is 3. The predicted molar refractivity (Wildman–Crippen MR) is 83.9 cm³/mol. The summed E-state index contributed by atoms with van der Waals surface area (Å²) in [6.45, 7) is 0. The molecule has 0 radical (unpaired) electrons. The Morgan fingerprint density at radius 1 is 1.14 bits per heavy atom. The van der Waals surface area contributed by atoms with Crippen molar-refractivity contribution in [2.75, 3.05) is 5.32 Å². The normalized spacial score (nSPS) is 25.0. The van der Waals surface area contributed by atoms with Crippen molar-refractivity contribution < 1.29 is 4.39 Å². The molecule has 3 atom stereocenters. The number of halogens is 1. The third-order valence-corrected chi connectivity index (χ3v) is 4.75. The molecule has 0 bridgehead atoms. The first kappa shape index (κ1) is 13.1. The van der Waals surface area contributed by atoms with Gasteiger partial charge in [0.15, 0.2) is 0 Å². The Morgan fingerprint density at radius 3 is 2.73 bits per heavy atom. The van der Waals surface area contributed by atoms with Crippen molar-refractivity contribution in [3.8, 4) is 6.07 Å². The van der Waals surface area contributed by atoms with Gasteiger partial charge in [0.1, 0.15) is 11.9 Å². The minimum absolute atomic E-state index is 0.0996. The lowest BCUT2D eigenvalue weighted by Crippen LogP contribution is -2.29. The first-order valence-corrected chi connectivity index (χ1v) is 7.49. The van der Waals surface area contributed by atoms with Crippen LogP contribution in [0.5, 0.6) is 0 Å². The van der Waals surface area contributed by atoms with Crippen LogP contribution in [0.2, 0.25) is 0 Å². The summed E-state index contributed by atoms with van der Waals surface area (Å²) in [4.78, 5) is 0. The molecule has 0 spiro atoms. The first-order valence-electron chi connectivity index (χ1n) is 7.49. The van der Waals surface area contributed by atoms with Gasteiger partial charge in [0.2, 0.25) is 0 Å². The minimum atomic E-state index is -0.223. The van der Waals surface area contributed by atoms with E-state index in [0.717, 1.165) is 17.7 Å². The second-order valence-electron chi connectivity index (χ2n) is 5.91. The number of rotatable bonds is 1. The molecule has 3 heteroatoms. The monoisotopic (exact) mass is 290 g/mol. The molecular formula is C19H15FN2. The van der Waals surface area contributed by atoms with Gasteiger partial charge in [-0.25, -0.2) is 4.39 Å². The summed E-state index contributed by atoms with van der Waals surface area (Å²) in [6, 6.07) is 14.9. The molecule has 2 aromatic rings. The molecule has 0 saturated heterocycles. The molecular weight excluding hydrogens is 275 g/mol. The topological polar surface area (TPSA) is 35.8 Å². The lowest BCUT2D eigenvalue weighted by Gasteiger charge is -2.37. The van der Waals surface area contributed by atoms with Gasteiger partial charge in [0.05, 0.1) is 17.3 Å². The molecule has 4 rings (SSSR count). The summed E-state index contributed by atoms with van der Waals surface area (Å²) in [5.41, 5.74) is 3.85. The number of nitrogens with zero attached hydrogens (tertiary/aromatic N) is 1. The molecule has 1 aliphatic heterocycles. The molecule has 3 unspecified atom stereocenters. The van der Waals surface area contributed by atoms with Crippen LogP contribution in [-0.4, -0.2) is 0 Å². The highest BCUT2D eigenvalue weighted by Gasteiger charge is 2.38. The summed E-state index contributed by atoms with van der Waals surface area (Å²) in [6.07, 6.45) is 5.44. The van der Waals surface area contributed by atoms with Crippen LogP contribution in [-0.2, 0) is 0 Å². The van der Waals surface area contributed by atoms with Gasteiger partial charge in [-0.1, -0.05) is 36.4 Å². The van der Waals surface area contributed by atoms with Gasteiger partial charge in [0.25, 0.3) is 0 Å². The Labute approximate surface area is 128 Å². The molecule has 1 heterocycles. The minimum Gasteiger partial charge on any atom is -0.377 e. The first-order chi connectivity index (χ1) is 10.8. The van der Waals surface area contributed by atoms with Crippen molar-refractivity contribution in [2.24, 2.45) is 5.92 Å². The molecule has 22 heavy (non-hydrogen) atoms. The fraction of sp³-hybridized carbons (Fsp3) is 0.211. The van der Waals surface area contributed by atoms with Crippen molar-refractivity contribution in [1.29, 1.82) is 5.26 Å². The molecule has 2 aliphatic rings. The van der Waals surface area contributed by atoms with Crippen LogP contribution in [0.25, 0.3) is 0 Å². The fourth-order valence-electron chi connectivity index (χ4n) is 3.71. The number of benzene rings is 2. The number of nitriles is 1. The van der Waals surface area contributed by atoms with Crippen LogP contribution in [0, 0.1) is 23.1 Å². The number of allylic oxidation sites excluding steroid dienone is 2. The van der Waals surface area contributed by atoms with Crippen molar-refractivity contribution in [3.05, 3.63) is 77.1 Å². The molecule has 0 amide bonds. The highest BCUT2D eigenvalue weighted by molar-refractivity contribution is 5.67. The van der Waals surface area contributed by atoms with Crippen molar-refractivity contribution in [3.63, 3.8) is 0 Å². The number of para-hydroxylation sites is 1. The fourth-order valence-corrected chi connectivity index (χ4v) is 3.71. The van der Waals surface area contributed by atoms with E-state index in [1.807, 2.05) is 24.3 Å². The van der Waals surface area contributed by atoms with E-state index in [1.54, 1.807) is 0 Å². The molecule has 1 N–H and O–H groups in total. The Bertz CT molecular complexity index is 786. The van der Waals surface area contributed by atoms with Crippen LogP contribution in [0.3, 0.4) is 0 Å². The zero-order valence-electron chi connectivity index (χ0n) is 12.0. The zero-order chi connectivity index (χ0) is 15.1. The summed E-state index contributed by atoms with van der Waals surface area (Å²) >= 11 is 0. The Balaban J connectivity index is 1.83. The van der Waals surface area contributed by atoms with Crippen molar-refractivity contribution >= 4 is 5.69 Å². The van der Waals surface area contributed by atoms with Crippen molar-refractivity contribution in [2.45, 2.75) is 18.4 Å². The summed E-state index contributed by atoms with van der Waals surface area (Å²) in [7, 11) is 0. The maximum atomic E-state index is 13.2. The average Bonchev–Trinajstić information content (AvgIpc) is 3.04. The highest BCUT2D eigenvalue weighted by atomic mass is 19.1. The van der Waals surface area contributed by atoms with E-state index in [4.69, 9.17) is 0 Å². The maximum Gasteiger partial charge on any atom is 0.123 e. The summed E-state index contributed by atoms with van der Waals surface area (Å²) in [5.74, 6) is 0.505. The van der Waals surface area contributed by atoms with Gasteiger partial charge < -0.3 is 5.32 Å². The van der Waals surface area contributed by atoms with Crippen LogP contribution < -0.4 is 5.32 Å². The lowest BCUT2D eigenvalue weighted by atomic mass is 9.76. The van der Waals surface area contributed by atoms with Crippen LogP contribution >= 0.6 is 0 Å².